The van der Waals surface area contributed by atoms with Crippen LogP contribution in [0.15, 0.2) is 24.3 Å². The number of halogens is 2. The number of carbonyl (C=O) groups excluding carboxylic acids is 1. The fourth-order valence-corrected chi connectivity index (χ4v) is 4.98. The molecule has 1 saturated carbocycles. The SMILES string of the molecule is Cc1cccc(N2CCN(CCC(=O)N3CC4CCC(N)C4C3)CC2)c1.Cl.Cl. The summed E-state index contributed by atoms with van der Waals surface area (Å²) in [5, 5.41) is 0. The van der Waals surface area contributed by atoms with Crippen LogP contribution in [0, 0.1) is 18.8 Å². The van der Waals surface area contributed by atoms with Crippen molar-refractivity contribution >= 4 is 36.4 Å². The molecule has 5 nitrogen and oxygen atoms in total. The number of anilines is 1. The lowest BCUT2D eigenvalue weighted by Gasteiger charge is -2.36. The molecule has 3 atom stereocenters. The van der Waals surface area contributed by atoms with E-state index in [2.05, 4.69) is 45.9 Å². The van der Waals surface area contributed by atoms with Gasteiger partial charge in [-0.15, -0.1) is 24.8 Å². The number of likely N-dealkylation sites (tertiary alicyclic amines) is 1. The van der Waals surface area contributed by atoms with Crippen molar-refractivity contribution in [3.63, 3.8) is 0 Å². The van der Waals surface area contributed by atoms with Gasteiger partial charge in [0.2, 0.25) is 5.91 Å². The van der Waals surface area contributed by atoms with Crippen molar-refractivity contribution in [1.82, 2.24) is 9.80 Å². The van der Waals surface area contributed by atoms with Gasteiger partial charge in [-0.1, -0.05) is 12.1 Å². The van der Waals surface area contributed by atoms with Crippen LogP contribution in [0.1, 0.15) is 24.8 Å². The second kappa shape index (κ2) is 10.1. The van der Waals surface area contributed by atoms with Gasteiger partial charge in [-0.25, -0.2) is 0 Å². The molecule has 1 aliphatic carbocycles. The quantitative estimate of drug-likeness (QED) is 0.800. The van der Waals surface area contributed by atoms with E-state index in [9.17, 15) is 4.79 Å². The van der Waals surface area contributed by atoms with E-state index in [-0.39, 0.29) is 24.8 Å². The minimum Gasteiger partial charge on any atom is -0.369 e. The molecule has 2 heterocycles. The molecule has 3 aliphatic rings. The molecule has 1 aromatic carbocycles. The number of piperazine rings is 1. The van der Waals surface area contributed by atoms with E-state index in [1.54, 1.807) is 0 Å². The standard InChI is InChI=1S/C21H32N4O.2ClH/c1-16-3-2-4-18(13-16)24-11-9-23(10-12-24)8-7-21(26)25-14-17-5-6-20(22)19(17)15-25;;/h2-4,13,17,19-20H,5-12,14-15,22H2,1H3;2*1H. The molecule has 0 aromatic heterocycles. The van der Waals surface area contributed by atoms with Gasteiger partial charge >= 0.3 is 0 Å². The van der Waals surface area contributed by atoms with E-state index in [0.29, 0.717) is 30.2 Å². The predicted octanol–water partition coefficient (Wildman–Crippen LogP) is 2.55. The summed E-state index contributed by atoms with van der Waals surface area (Å²) in [4.78, 5) is 19.6. The minimum atomic E-state index is 0. The number of hydrogen-bond acceptors (Lipinski definition) is 4. The lowest BCUT2D eigenvalue weighted by Crippen LogP contribution is -2.47. The van der Waals surface area contributed by atoms with Crippen LogP contribution < -0.4 is 10.6 Å². The number of nitrogens with zero attached hydrogens (tertiary/aromatic N) is 3. The average Bonchev–Trinajstić information content (AvgIpc) is 3.22. The van der Waals surface area contributed by atoms with Gasteiger partial charge in [-0.05, 0) is 49.3 Å². The molecule has 3 fully saturated rings. The van der Waals surface area contributed by atoms with E-state index in [1.165, 1.54) is 17.7 Å². The summed E-state index contributed by atoms with van der Waals surface area (Å²) in [6, 6.07) is 9.04. The smallest absolute Gasteiger partial charge is 0.223 e. The monoisotopic (exact) mass is 428 g/mol. The molecule has 7 heteroatoms. The first-order chi connectivity index (χ1) is 12.6. The van der Waals surface area contributed by atoms with Crippen molar-refractivity contribution in [2.45, 2.75) is 32.2 Å². The number of aryl methyl sites for hydroxylation is 1. The third-order valence-electron chi connectivity index (χ3n) is 6.65. The van der Waals surface area contributed by atoms with Gasteiger partial charge in [0.05, 0.1) is 0 Å². The molecule has 0 bridgehead atoms. The van der Waals surface area contributed by atoms with Crippen LogP contribution in [0.5, 0.6) is 0 Å². The van der Waals surface area contributed by atoms with Gasteiger partial charge < -0.3 is 15.5 Å². The number of amides is 1. The van der Waals surface area contributed by atoms with Gasteiger partial charge in [-0.3, -0.25) is 9.69 Å². The summed E-state index contributed by atoms with van der Waals surface area (Å²) in [6.45, 7) is 9.03. The Morgan fingerprint density at radius 3 is 2.54 bits per heavy atom. The third kappa shape index (κ3) is 5.12. The number of hydrogen-bond donors (Lipinski definition) is 1. The highest BCUT2D eigenvalue weighted by Gasteiger charge is 2.42. The van der Waals surface area contributed by atoms with Crippen LogP contribution in [0.3, 0.4) is 0 Å². The predicted molar refractivity (Wildman–Crippen MR) is 120 cm³/mol. The minimum absolute atomic E-state index is 0. The second-order valence-corrected chi connectivity index (χ2v) is 8.38. The molecule has 0 radical (unpaired) electrons. The van der Waals surface area contributed by atoms with Crippen LogP contribution in [0.25, 0.3) is 0 Å². The van der Waals surface area contributed by atoms with Crippen LogP contribution in [-0.4, -0.2) is 67.6 Å². The fraction of sp³-hybridized carbons (Fsp3) is 0.667. The normalized spacial score (nSPS) is 27.1. The van der Waals surface area contributed by atoms with E-state index >= 15 is 0 Å². The highest BCUT2D eigenvalue weighted by atomic mass is 35.5. The van der Waals surface area contributed by atoms with Crippen molar-refractivity contribution in [2.75, 3.05) is 50.7 Å². The Labute approximate surface area is 181 Å². The van der Waals surface area contributed by atoms with Crippen LogP contribution >= 0.6 is 24.8 Å². The zero-order chi connectivity index (χ0) is 18.1. The van der Waals surface area contributed by atoms with Crippen molar-refractivity contribution < 1.29 is 4.79 Å². The van der Waals surface area contributed by atoms with E-state index in [0.717, 1.165) is 52.2 Å². The van der Waals surface area contributed by atoms with Crippen molar-refractivity contribution in [2.24, 2.45) is 17.6 Å². The van der Waals surface area contributed by atoms with Crippen molar-refractivity contribution in [1.29, 1.82) is 0 Å². The summed E-state index contributed by atoms with van der Waals surface area (Å²) < 4.78 is 0. The lowest BCUT2D eigenvalue weighted by atomic mass is 9.98. The van der Waals surface area contributed by atoms with Crippen LogP contribution in [0.2, 0.25) is 0 Å². The largest absolute Gasteiger partial charge is 0.369 e. The molecule has 0 spiro atoms. The number of benzene rings is 1. The molecule has 4 rings (SSSR count). The Kier molecular flexibility index (Phi) is 8.44. The van der Waals surface area contributed by atoms with Crippen molar-refractivity contribution in [3.8, 4) is 0 Å². The number of rotatable bonds is 4. The highest BCUT2D eigenvalue weighted by molar-refractivity contribution is 5.85. The van der Waals surface area contributed by atoms with Crippen LogP contribution in [0.4, 0.5) is 5.69 Å². The maximum Gasteiger partial charge on any atom is 0.223 e. The fourth-order valence-electron chi connectivity index (χ4n) is 4.98. The first kappa shape index (κ1) is 23.3. The van der Waals surface area contributed by atoms with E-state index < -0.39 is 0 Å². The van der Waals surface area contributed by atoms with Gasteiger partial charge in [0.15, 0.2) is 0 Å². The topological polar surface area (TPSA) is 52.8 Å². The Morgan fingerprint density at radius 2 is 1.86 bits per heavy atom. The van der Waals surface area contributed by atoms with Gasteiger partial charge in [0, 0.05) is 64.0 Å². The summed E-state index contributed by atoms with van der Waals surface area (Å²) in [5.41, 5.74) is 8.82. The lowest BCUT2D eigenvalue weighted by molar-refractivity contribution is -0.130. The second-order valence-electron chi connectivity index (χ2n) is 8.38. The molecular formula is C21H34Cl2N4O. The summed E-state index contributed by atoms with van der Waals surface area (Å²) in [5.74, 6) is 1.54. The molecule has 1 amide bonds. The average molecular weight is 429 g/mol. The number of nitrogens with two attached hydrogens (primary N) is 1. The van der Waals surface area contributed by atoms with Gasteiger partial charge in [0.25, 0.3) is 0 Å². The van der Waals surface area contributed by atoms with E-state index in [1.807, 2.05) is 0 Å². The Balaban J connectivity index is 0.00000140. The molecule has 1 aromatic rings. The molecule has 158 valence electrons. The van der Waals surface area contributed by atoms with E-state index in [4.69, 9.17) is 5.73 Å². The molecule has 2 N–H and O–H groups in total. The Morgan fingerprint density at radius 1 is 1.11 bits per heavy atom. The molecule has 2 saturated heterocycles. The van der Waals surface area contributed by atoms with Gasteiger partial charge in [0.1, 0.15) is 0 Å². The number of carbonyl (C=O) groups is 1. The molecular weight excluding hydrogens is 395 g/mol. The van der Waals surface area contributed by atoms with Gasteiger partial charge in [-0.2, -0.15) is 0 Å². The van der Waals surface area contributed by atoms with Crippen LogP contribution in [-0.2, 0) is 4.79 Å². The summed E-state index contributed by atoms with van der Waals surface area (Å²) >= 11 is 0. The molecule has 3 unspecified atom stereocenters. The zero-order valence-electron chi connectivity index (χ0n) is 16.8. The first-order valence-corrected chi connectivity index (χ1v) is 10.2. The maximum absolute atomic E-state index is 12.6. The third-order valence-corrected chi connectivity index (χ3v) is 6.65. The first-order valence-electron chi connectivity index (χ1n) is 10.2. The molecule has 28 heavy (non-hydrogen) atoms. The Hall–Kier alpha value is -1.01. The van der Waals surface area contributed by atoms with Crippen molar-refractivity contribution in [3.05, 3.63) is 29.8 Å². The number of fused-ring (bicyclic) bond motifs is 1. The Bertz CT molecular complexity index is 651. The summed E-state index contributed by atoms with van der Waals surface area (Å²) in [6.07, 6.45) is 3.00. The summed E-state index contributed by atoms with van der Waals surface area (Å²) in [7, 11) is 0. The maximum atomic E-state index is 12.6. The zero-order valence-corrected chi connectivity index (χ0v) is 18.4. The molecule has 2 aliphatic heterocycles. The highest BCUT2D eigenvalue weighted by Crippen LogP contribution is 2.37.